The monoisotopic (exact) mass is 149 g/mol. The first-order valence-corrected chi connectivity index (χ1v) is 5.20. The second-order valence-corrected chi connectivity index (χ2v) is 4.93. The maximum atomic E-state index is 11.3. The summed E-state index contributed by atoms with van der Waals surface area (Å²) in [5, 5.41) is 0. The van der Waals surface area contributed by atoms with E-state index in [1.807, 2.05) is 13.8 Å². The zero-order chi connectivity index (χ0) is 7.33. The van der Waals surface area contributed by atoms with Crippen LogP contribution in [-0.4, -0.2) is 18.9 Å². The van der Waals surface area contributed by atoms with E-state index >= 15 is 0 Å². The van der Waals surface area contributed by atoms with Crippen molar-refractivity contribution in [1.82, 2.24) is 0 Å². The van der Waals surface area contributed by atoms with Crippen LogP contribution in [0.2, 0.25) is 0 Å². The highest BCUT2D eigenvalue weighted by atomic mass is 31.2. The molecule has 0 aliphatic carbocycles. The molecule has 0 aliphatic rings. The molecule has 0 aromatic carbocycles. The van der Waals surface area contributed by atoms with Crippen LogP contribution in [0, 0.1) is 6.92 Å². The molecule has 1 radical (unpaired) electrons. The maximum absolute atomic E-state index is 11.3. The van der Waals surface area contributed by atoms with Gasteiger partial charge in [-0.05, 0) is 6.92 Å². The van der Waals surface area contributed by atoms with E-state index in [1.165, 1.54) is 0 Å². The van der Waals surface area contributed by atoms with Gasteiger partial charge in [0.05, 0.1) is 6.61 Å². The summed E-state index contributed by atoms with van der Waals surface area (Å²) in [7, 11) is -2.24. The van der Waals surface area contributed by atoms with E-state index in [2.05, 4.69) is 6.92 Å². The van der Waals surface area contributed by atoms with Crippen LogP contribution < -0.4 is 0 Å². The van der Waals surface area contributed by atoms with Crippen LogP contribution in [0.3, 0.4) is 0 Å². The molecule has 0 saturated carbocycles. The van der Waals surface area contributed by atoms with Crippen LogP contribution in [0.15, 0.2) is 0 Å². The lowest BCUT2D eigenvalue weighted by Crippen LogP contribution is -1.94. The van der Waals surface area contributed by atoms with Crippen molar-refractivity contribution >= 4 is 7.37 Å². The zero-order valence-corrected chi connectivity index (χ0v) is 6.99. The average molecular weight is 149 g/mol. The largest absolute Gasteiger partial charge is 0.328 e. The molecule has 0 N–H and O–H groups in total. The minimum Gasteiger partial charge on any atom is -0.328 e. The topological polar surface area (TPSA) is 26.3 Å². The Balaban J connectivity index is 3.78. The fourth-order valence-electron chi connectivity index (χ4n) is 0.573. The van der Waals surface area contributed by atoms with Crippen LogP contribution >= 0.6 is 7.37 Å². The predicted molar refractivity (Wildman–Crippen MR) is 40.0 cm³/mol. The smallest absolute Gasteiger partial charge is 0.202 e. The van der Waals surface area contributed by atoms with E-state index in [4.69, 9.17) is 4.52 Å². The Morgan fingerprint density at radius 3 is 2.00 bits per heavy atom. The third-order valence-electron chi connectivity index (χ3n) is 1.29. The summed E-state index contributed by atoms with van der Waals surface area (Å²) in [6.45, 7) is 7.54. The molecule has 0 amide bonds. The molecule has 55 valence electrons. The molecule has 0 aromatic rings. The summed E-state index contributed by atoms with van der Waals surface area (Å²) >= 11 is 0. The third-order valence-corrected chi connectivity index (χ3v) is 3.87. The Bertz CT molecular complexity index is 104. The zero-order valence-electron chi connectivity index (χ0n) is 6.09. The van der Waals surface area contributed by atoms with E-state index in [9.17, 15) is 4.57 Å². The quantitative estimate of drug-likeness (QED) is 0.572. The average Bonchev–Trinajstić information content (AvgIpc) is 1.89. The summed E-state index contributed by atoms with van der Waals surface area (Å²) in [6.07, 6.45) is 1.25. The third kappa shape index (κ3) is 3.02. The van der Waals surface area contributed by atoms with Gasteiger partial charge in [-0.3, -0.25) is 4.57 Å². The molecular weight excluding hydrogens is 135 g/mol. The van der Waals surface area contributed by atoms with Crippen molar-refractivity contribution < 1.29 is 9.09 Å². The van der Waals surface area contributed by atoms with Crippen molar-refractivity contribution in [3.8, 4) is 0 Å². The van der Waals surface area contributed by atoms with Crippen LogP contribution in [0.1, 0.15) is 13.8 Å². The normalized spacial score (nSPS) is 11.9. The number of hydrogen-bond acceptors (Lipinski definition) is 2. The molecule has 0 unspecified atom stereocenters. The Morgan fingerprint density at radius 2 is 1.89 bits per heavy atom. The SMILES string of the molecule is [CH2]COP(=O)(CC)CC. The van der Waals surface area contributed by atoms with Crippen molar-refractivity contribution in [3.05, 3.63) is 6.92 Å². The molecule has 0 aromatic heterocycles. The standard InChI is InChI=1S/C6H14O2P/c1-4-8-9(7,5-2)6-3/h1,4-6H2,2-3H3. The first kappa shape index (κ1) is 9.19. The summed E-state index contributed by atoms with van der Waals surface area (Å²) < 4.78 is 16.3. The summed E-state index contributed by atoms with van der Waals surface area (Å²) in [5.74, 6) is 0. The first-order chi connectivity index (χ1) is 4.18. The van der Waals surface area contributed by atoms with E-state index in [0.29, 0.717) is 18.9 Å². The summed E-state index contributed by atoms with van der Waals surface area (Å²) in [5.41, 5.74) is 0. The fourth-order valence-corrected chi connectivity index (χ4v) is 1.72. The van der Waals surface area contributed by atoms with Crippen molar-refractivity contribution in [2.45, 2.75) is 13.8 Å². The van der Waals surface area contributed by atoms with Crippen LogP contribution in [0.4, 0.5) is 0 Å². The predicted octanol–water partition coefficient (Wildman–Crippen LogP) is 2.15. The second kappa shape index (κ2) is 4.08. The van der Waals surface area contributed by atoms with E-state index in [1.54, 1.807) is 0 Å². The van der Waals surface area contributed by atoms with E-state index in [-0.39, 0.29) is 0 Å². The minimum atomic E-state index is -2.24. The van der Waals surface area contributed by atoms with Crippen molar-refractivity contribution in [2.75, 3.05) is 18.9 Å². The first-order valence-electron chi connectivity index (χ1n) is 3.20. The highest BCUT2D eigenvalue weighted by Gasteiger charge is 2.15. The number of rotatable bonds is 4. The minimum absolute atomic E-state index is 0.318. The maximum Gasteiger partial charge on any atom is 0.202 e. The fraction of sp³-hybridized carbons (Fsp3) is 0.833. The van der Waals surface area contributed by atoms with Gasteiger partial charge in [0.15, 0.2) is 0 Å². The van der Waals surface area contributed by atoms with Crippen molar-refractivity contribution in [2.24, 2.45) is 0 Å². The molecule has 0 saturated heterocycles. The molecular formula is C6H14O2P. The molecule has 0 rings (SSSR count). The van der Waals surface area contributed by atoms with E-state index < -0.39 is 7.37 Å². The Morgan fingerprint density at radius 1 is 1.44 bits per heavy atom. The molecule has 0 bridgehead atoms. The summed E-state index contributed by atoms with van der Waals surface area (Å²) in [6, 6.07) is 0. The molecule has 0 atom stereocenters. The molecule has 9 heavy (non-hydrogen) atoms. The molecule has 0 aliphatic heterocycles. The van der Waals surface area contributed by atoms with Crippen molar-refractivity contribution in [3.63, 3.8) is 0 Å². The Labute approximate surface area is 57.1 Å². The van der Waals surface area contributed by atoms with Crippen LogP contribution in [-0.2, 0) is 9.09 Å². The Hall–Kier alpha value is 0.190. The van der Waals surface area contributed by atoms with Gasteiger partial charge in [-0.1, -0.05) is 13.8 Å². The van der Waals surface area contributed by atoms with Gasteiger partial charge in [0.2, 0.25) is 7.37 Å². The van der Waals surface area contributed by atoms with Crippen LogP contribution in [0.5, 0.6) is 0 Å². The number of hydrogen-bond donors (Lipinski definition) is 0. The van der Waals surface area contributed by atoms with Gasteiger partial charge in [0.25, 0.3) is 0 Å². The second-order valence-electron chi connectivity index (χ2n) is 1.78. The van der Waals surface area contributed by atoms with Gasteiger partial charge in [-0.2, -0.15) is 0 Å². The molecule has 3 heteroatoms. The van der Waals surface area contributed by atoms with Gasteiger partial charge in [0, 0.05) is 12.3 Å². The summed E-state index contributed by atoms with van der Waals surface area (Å²) in [4.78, 5) is 0. The molecule has 2 nitrogen and oxygen atoms in total. The van der Waals surface area contributed by atoms with Gasteiger partial charge in [0.1, 0.15) is 0 Å². The van der Waals surface area contributed by atoms with E-state index in [0.717, 1.165) is 0 Å². The van der Waals surface area contributed by atoms with Gasteiger partial charge >= 0.3 is 0 Å². The van der Waals surface area contributed by atoms with Gasteiger partial charge < -0.3 is 4.52 Å². The van der Waals surface area contributed by atoms with Gasteiger partial charge in [-0.25, -0.2) is 0 Å². The lowest BCUT2D eigenvalue weighted by Gasteiger charge is -2.12. The van der Waals surface area contributed by atoms with Crippen LogP contribution in [0.25, 0.3) is 0 Å². The molecule has 0 spiro atoms. The molecule has 0 heterocycles. The molecule has 0 fully saturated rings. The lowest BCUT2D eigenvalue weighted by atomic mass is 10.9. The van der Waals surface area contributed by atoms with Crippen molar-refractivity contribution in [1.29, 1.82) is 0 Å². The Kier molecular flexibility index (Phi) is 4.16. The van der Waals surface area contributed by atoms with Gasteiger partial charge in [-0.15, -0.1) is 0 Å². The lowest BCUT2D eigenvalue weighted by molar-refractivity contribution is 0.352. The highest BCUT2D eigenvalue weighted by molar-refractivity contribution is 7.58. The highest BCUT2D eigenvalue weighted by Crippen LogP contribution is 2.45.